The van der Waals surface area contributed by atoms with Crippen LogP contribution in [0, 0.1) is 5.92 Å². The van der Waals surface area contributed by atoms with Crippen LogP contribution in [0.5, 0.6) is 0 Å². The summed E-state index contributed by atoms with van der Waals surface area (Å²) in [5.41, 5.74) is 7.71. The highest BCUT2D eigenvalue weighted by Gasteiger charge is 2.35. The van der Waals surface area contributed by atoms with E-state index >= 15 is 0 Å². The molecule has 7 rings (SSSR count). The number of carbonyl (C=O) groups is 1. The molecule has 216 valence electrons. The molecule has 0 spiro atoms. The van der Waals surface area contributed by atoms with Gasteiger partial charge in [0.05, 0.1) is 0 Å². The summed E-state index contributed by atoms with van der Waals surface area (Å²) >= 11 is 6.41. The van der Waals surface area contributed by atoms with Gasteiger partial charge in [-0.25, -0.2) is 0 Å². The molecule has 1 aliphatic carbocycles. The SMILES string of the molecule is O=C(C1CC1)N1CCC(c2cccc([C@H](Cc3ccccc3)c3ccc(-c4cc(Cl)ccc4-[n+]4cnn[nH]4)cn3)c2)CC1. The molecule has 2 fully saturated rings. The summed E-state index contributed by atoms with van der Waals surface area (Å²) in [6, 6.07) is 29.7. The molecule has 1 atom stereocenters. The molecule has 2 aliphatic rings. The number of aromatic amines is 1. The van der Waals surface area contributed by atoms with Gasteiger partial charge in [-0.1, -0.05) is 77.5 Å². The second-order valence-electron chi connectivity index (χ2n) is 11.7. The first-order chi connectivity index (χ1) is 21.1. The fourth-order valence-electron chi connectivity index (χ4n) is 6.31. The average molecular weight is 590 g/mol. The summed E-state index contributed by atoms with van der Waals surface area (Å²) in [5.74, 6) is 1.23. The number of hydrogen-bond donors (Lipinski definition) is 1. The van der Waals surface area contributed by atoms with Crippen LogP contribution >= 0.6 is 11.6 Å². The number of benzene rings is 3. The molecule has 8 heteroatoms. The summed E-state index contributed by atoms with van der Waals surface area (Å²) in [5, 5.41) is 11.3. The zero-order valence-electron chi connectivity index (χ0n) is 23.9. The Kier molecular flexibility index (Phi) is 7.73. The Morgan fingerprint density at radius 1 is 0.953 bits per heavy atom. The quantitative estimate of drug-likeness (QED) is 0.216. The lowest BCUT2D eigenvalue weighted by atomic mass is 9.84. The fourth-order valence-corrected chi connectivity index (χ4v) is 6.48. The summed E-state index contributed by atoms with van der Waals surface area (Å²) in [6.07, 6.45) is 8.59. The normalized spacial score (nSPS) is 16.3. The fraction of sp³-hybridized carbons (Fsp3) is 0.286. The van der Waals surface area contributed by atoms with E-state index in [4.69, 9.17) is 16.6 Å². The van der Waals surface area contributed by atoms with Gasteiger partial charge < -0.3 is 4.90 Å². The lowest BCUT2D eigenvalue weighted by Gasteiger charge is -2.32. The number of rotatable bonds is 8. The van der Waals surface area contributed by atoms with E-state index in [1.165, 1.54) is 16.7 Å². The molecular weight excluding hydrogens is 556 g/mol. The maximum Gasteiger partial charge on any atom is 0.293 e. The van der Waals surface area contributed by atoms with Crippen molar-refractivity contribution in [2.24, 2.45) is 5.92 Å². The van der Waals surface area contributed by atoms with Gasteiger partial charge >= 0.3 is 0 Å². The van der Waals surface area contributed by atoms with Crippen LogP contribution in [0.2, 0.25) is 5.02 Å². The van der Waals surface area contributed by atoms with E-state index in [0.29, 0.717) is 22.8 Å². The number of pyridine rings is 1. The largest absolute Gasteiger partial charge is 0.342 e. The van der Waals surface area contributed by atoms with Crippen LogP contribution in [0.4, 0.5) is 0 Å². The van der Waals surface area contributed by atoms with Crippen LogP contribution in [0.15, 0.2) is 97.5 Å². The van der Waals surface area contributed by atoms with Gasteiger partial charge in [0, 0.05) is 53.0 Å². The van der Waals surface area contributed by atoms with Gasteiger partial charge in [-0.2, -0.15) is 0 Å². The Hall–Kier alpha value is -4.36. The molecule has 0 radical (unpaired) electrons. The Morgan fingerprint density at radius 2 is 1.79 bits per heavy atom. The van der Waals surface area contributed by atoms with Gasteiger partial charge in [-0.05, 0) is 79.0 Å². The van der Waals surface area contributed by atoms with Crippen molar-refractivity contribution in [1.82, 2.24) is 25.4 Å². The van der Waals surface area contributed by atoms with Crippen LogP contribution in [-0.4, -0.2) is 44.4 Å². The number of halogens is 1. The monoisotopic (exact) mass is 589 g/mol. The van der Waals surface area contributed by atoms with Crippen molar-refractivity contribution >= 4 is 17.5 Å². The lowest BCUT2D eigenvalue weighted by Crippen LogP contribution is -2.38. The smallest absolute Gasteiger partial charge is 0.293 e. The zero-order chi connectivity index (χ0) is 29.2. The summed E-state index contributed by atoms with van der Waals surface area (Å²) in [4.78, 5) is 19.7. The minimum Gasteiger partial charge on any atom is -0.342 e. The van der Waals surface area contributed by atoms with E-state index in [9.17, 15) is 4.79 Å². The molecule has 0 bridgehead atoms. The van der Waals surface area contributed by atoms with E-state index in [0.717, 1.165) is 67.7 Å². The van der Waals surface area contributed by atoms with Crippen LogP contribution in [0.1, 0.15) is 59.9 Å². The molecule has 1 amide bonds. The second-order valence-corrected chi connectivity index (χ2v) is 12.2. The van der Waals surface area contributed by atoms with E-state index < -0.39 is 0 Å². The topological polar surface area (TPSA) is 78.6 Å². The van der Waals surface area contributed by atoms with Gasteiger partial charge in [0.15, 0.2) is 5.21 Å². The van der Waals surface area contributed by atoms with E-state index in [1.807, 2.05) is 24.4 Å². The average Bonchev–Trinajstić information content (AvgIpc) is 3.77. The molecule has 1 saturated carbocycles. The number of amides is 1. The molecule has 3 heterocycles. The highest BCUT2D eigenvalue weighted by Crippen LogP contribution is 2.36. The molecule has 1 N–H and O–H groups in total. The molecule has 1 aliphatic heterocycles. The Morgan fingerprint density at radius 3 is 2.51 bits per heavy atom. The molecule has 5 aromatic rings. The Balaban J connectivity index is 1.18. The van der Waals surface area contributed by atoms with Crippen molar-refractivity contribution < 1.29 is 9.48 Å². The first-order valence-corrected chi connectivity index (χ1v) is 15.5. The molecule has 0 unspecified atom stereocenters. The number of H-pyrrole nitrogens is 1. The number of likely N-dealkylation sites (tertiary alicyclic amines) is 1. The van der Waals surface area contributed by atoms with Crippen molar-refractivity contribution in [2.75, 3.05) is 13.1 Å². The van der Waals surface area contributed by atoms with Crippen molar-refractivity contribution in [3.05, 3.63) is 125 Å². The van der Waals surface area contributed by atoms with Crippen molar-refractivity contribution in [2.45, 2.75) is 43.9 Å². The summed E-state index contributed by atoms with van der Waals surface area (Å²) in [6.45, 7) is 1.72. The first-order valence-electron chi connectivity index (χ1n) is 15.1. The number of nitrogens with one attached hydrogen (secondary N) is 1. The zero-order valence-corrected chi connectivity index (χ0v) is 24.7. The number of piperidine rings is 1. The minimum atomic E-state index is 0.0953. The number of carbonyl (C=O) groups excluding carboxylic acids is 1. The predicted molar refractivity (Wildman–Crippen MR) is 166 cm³/mol. The summed E-state index contributed by atoms with van der Waals surface area (Å²) in [7, 11) is 0. The number of tetrazole rings is 1. The summed E-state index contributed by atoms with van der Waals surface area (Å²) < 4.78 is 1.76. The maximum atomic E-state index is 12.6. The first kappa shape index (κ1) is 27.5. The van der Waals surface area contributed by atoms with Crippen molar-refractivity contribution in [3.63, 3.8) is 0 Å². The molecule has 7 nitrogen and oxygen atoms in total. The number of nitrogens with zero attached hydrogens (tertiary/aromatic N) is 5. The molecule has 1 saturated heterocycles. The minimum absolute atomic E-state index is 0.0953. The van der Waals surface area contributed by atoms with Gasteiger partial charge in [-0.15, -0.1) is 4.68 Å². The van der Waals surface area contributed by atoms with Gasteiger partial charge in [0.1, 0.15) is 10.8 Å². The van der Waals surface area contributed by atoms with E-state index in [1.54, 1.807) is 11.0 Å². The third kappa shape index (κ3) is 6.09. The third-order valence-corrected chi connectivity index (χ3v) is 9.09. The molecule has 2 aromatic heterocycles. The van der Waals surface area contributed by atoms with Gasteiger partial charge in [-0.3, -0.25) is 9.78 Å². The van der Waals surface area contributed by atoms with Crippen LogP contribution in [0.25, 0.3) is 16.8 Å². The van der Waals surface area contributed by atoms with Crippen LogP contribution < -0.4 is 4.68 Å². The standard InChI is InChI=1S/C35H33ClN6O/c36-30-12-14-34(42-23-38-39-40-42)32(21-30)29-11-13-33(37-22-29)31(19-24-5-2-1-3-6-24)28-8-4-7-27(20-28)25-15-17-41(18-16-25)35(43)26-9-10-26/h1-8,11-14,20-23,25-26,31H,9-10,15-19H2/p+1/t31-/m0/s1. The van der Waals surface area contributed by atoms with Crippen molar-refractivity contribution in [1.29, 1.82) is 0 Å². The number of aromatic nitrogens is 5. The highest BCUT2D eigenvalue weighted by atomic mass is 35.5. The van der Waals surface area contributed by atoms with Crippen molar-refractivity contribution in [3.8, 4) is 16.8 Å². The van der Waals surface area contributed by atoms with E-state index in [-0.39, 0.29) is 5.92 Å². The van der Waals surface area contributed by atoms with Gasteiger partial charge in [0.25, 0.3) is 6.33 Å². The molecular formula is C35H34ClN6O+. The molecule has 3 aromatic carbocycles. The third-order valence-electron chi connectivity index (χ3n) is 8.85. The van der Waals surface area contributed by atoms with E-state index in [2.05, 4.69) is 87.2 Å². The highest BCUT2D eigenvalue weighted by molar-refractivity contribution is 6.31. The number of hydrogen-bond acceptors (Lipinski definition) is 4. The maximum absolute atomic E-state index is 12.6. The lowest BCUT2D eigenvalue weighted by molar-refractivity contribution is -0.659. The molecule has 43 heavy (non-hydrogen) atoms. The van der Waals surface area contributed by atoms with Gasteiger partial charge in [0.2, 0.25) is 5.91 Å². The second kappa shape index (κ2) is 12.1. The van der Waals surface area contributed by atoms with Crippen LogP contribution in [0.3, 0.4) is 0 Å². The Bertz CT molecular complexity index is 1690. The van der Waals surface area contributed by atoms with Crippen LogP contribution in [-0.2, 0) is 11.2 Å². The predicted octanol–water partition coefficient (Wildman–Crippen LogP) is 6.29. The Labute approximate surface area is 256 Å².